The minimum Gasteiger partial charge on any atom is -0.351 e. The van der Waals surface area contributed by atoms with E-state index in [2.05, 4.69) is 42.6 Å². The van der Waals surface area contributed by atoms with E-state index in [0.29, 0.717) is 5.95 Å². The molecule has 0 saturated heterocycles. The molecule has 1 amide bonds. The van der Waals surface area contributed by atoms with E-state index in [1.807, 2.05) is 30.7 Å². The van der Waals surface area contributed by atoms with Gasteiger partial charge in [0.2, 0.25) is 11.9 Å². The summed E-state index contributed by atoms with van der Waals surface area (Å²) in [6.45, 7) is 3.60. The summed E-state index contributed by atoms with van der Waals surface area (Å²) in [6, 6.07) is 4.19. The van der Waals surface area contributed by atoms with Crippen LogP contribution < -0.4 is 10.6 Å². The molecule has 9 nitrogen and oxygen atoms in total. The Morgan fingerprint density at radius 2 is 2.18 bits per heavy atom. The van der Waals surface area contributed by atoms with Gasteiger partial charge < -0.3 is 15.6 Å². The number of anilines is 1. The van der Waals surface area contributed by atoms with Crippen LogP contribution in [0.2, 0.25) is 0 Å². The van der Waals surface area contributed by atoms with Gasteiger partial charge in [-0.25, -0.2) is 14.5 Å². The molecule has 0 atom stereocenters. The summed E-state index contributed by atoms with van der Waals surface area (Å²) in [5.74, 6) is 0.587. The first-order chi connectivity index (χ1) is 13.5. The summed E-state index contributed by atoms with van der Waals surface area (Å²) < 4.78 is 1.74. The van der Waals surface area contributed by atoms with Gasteiger partial charge in [0.15, 0.2) is 5.65 Å². The van der Waals surface area contributed by atoms with E-state index in [9.17, 15) is 4.79 Å². The van der Waals surface area contributed by atoms with Crippen molar-refractivity contribution in [3.05, 3.63) is 37.1 Å². The average molecular weight is 376 g/mol. The molecule has 0 spiro atoms. The number of pyridine rings is 1. The van der Waals surface area contributed by atoms with Gasteiger partial charge in [-0.1, -0.05) is 0 Å². The number of fused-ring (bicyclic) bond motifs is 2. The quantitative estimate of drug-likeness (QED) is 0.503. The van der Waals surface area contributed by atoms with E-state index in [-0.39, 0.29) is 17.5 Å². The number of carbonyl (C=O) groups excluding carboxylic acids is 1. The summed E-state index contributed by atoms with van der Waals surface area (Å²) in [4.78, 5) is 27.8. The Morgan fingerprint density at radius 1 is 1.32 bits per heavy atom. The summed E-state index contributed by atoms with van der Waals surface area (Å²) in [5.41, 5.74) is 3.46. The lowest BCUT2D eigenvalue weighted by molar-refractivity contribution is -0.121. The molecule has 142 valence electrons. The molecule has 1 aliphatic carbocycles. The van der Waals surface area contributed by atoms with Gasteiger partial charge in [0.1, 0.15) is 12.0 Å². The zero-order valence-electron chi connectivity index (χ0n) is 15.6. The first-order valence-electron chi connectivity index (χ1n) is 9.18. The first-order valence-corrected chi connectivity index (χ1v) is 9.18. The molecule has 1 saturated carbocycles. The summed E-state index contributed by atoms with van der Waals surface area (Å²) in [6.07, 6.45) is 8.93. The van der Waals surface area contributed by atoms with Gasteiger partial charge in [-0.05, 0) is 31.9 Å². The lowest BCUT2D eigenvalue weighted by Crippen LogP contribution is -2.59. The molecule has 0 radical (unpaired) electrons. The maximum absolute atomic E-state index is 11.3. The van der Waals surface area contributed by atoms with Gasteiger partial charge in [-0.2, -0.15) is 10.1 Å². The molecule has 0 aromatic carbocycles. The normalized spacial score (nSPS) is 21.6. The number of hydrogen-bond donors (Lipinski definition) is 3. The maximum Gasteiger partial charge on any atom is 0.224 e. The highest BCUT2D eigenvalue weighted by Crippen LogP contribution is 2.34. The number of H-pyrrole nitrogens is 1. The average Bonchev–Trinajstić information content (AvgIpc) is 3.25. The second-order valence-corrected chi connectivity index (χ2v) is 7.63. The van der Waals surface area contributed by atoms with Crippen molar-refractivity contribution in [3.63, 3.8) is 0 Å². The van der Waals surface area contributed by atoms with Crippen LogP contribution in [0.25, 0.3) is 27.8 Å². The number of carbonyl (C=O) groups is 1. The highest BCUT2D eigenvalue weighted by Gasteiger charge is 2.41. The van der Waals surface area contributed by atoms with Crippen molar-refractivity contribution in [1.82, 2.24) is 34.9 Å². The topological polar surface area (TPSA) is 113 Å². The van der Waals surface area contributed by atoms with Crippen molar-refractivity contribution in [2.45, 2.75) is 38.3 Å². The molecule has 1 aliphatic rings. The molecular weight excluding hydrogens is 356 g/mol. The molecular formula is C19H20N8O. The van der Waals surface area contributed by atoms with Crippen LogP contribution >= 0.6 is 0 Å². The molecule has 9 heteroatoms. The van der Waals surface area contributed by atoms with Gasteiger partial charge in [-0.3, -0.25) is 4.79 Å². The van der Waals surface area contributed by atoms with Gasteiger partial charge in [0, 0.05) is 53.6 Å². The van der Waals surface area contributed by atoms with E-state index >= 15 is 0 Å². The number of aromatic nitrogens is 6. The minimum absolute atomic E-state index is 0.00150. The molecule has 0 bridgehead atoms. The Kier molecular flexibility index (Phi) is 3.58. The largest absolute Gasteiger partial charge is 0.351 e. The smallest absolute Gasteiger partial charge is 0.224 e. The lowest BCUT2D eigenvalue weighted by atomic mass is 9.74. The fourth-order valence-electron chi connectivity index (χ4n) is 4.03. The Labute approximate surface area is 160 Å². The molecule has 1 fully saturated rings. The monoisotopic (exact) mass is 376 g/mol. The van der Waals surface area contributed by atoms with Crippen LogP contribution in [0.15, 0.2) is 37.1 Å². The first kappa shape index (κ1) is 16.7. The van der Waals surface area contributed by atoms with Gasteiger partial charge in [0.05, 0.1) is 0 Å². The second kappa shape index (κ2) is 6.01. The van der Waals surface area contributed by atoms with Crippen LogP contribution in [-0.4, -0.2) is 47.0 Å². The molecule has 4 aromatic heterocycles. The lowest BCUT2D eigenvalue weighted by Gasteiger charge is -2.45. The third kappa shape index (κ3) is 2.84. The Morgan fingerprint density at radius 3 is 3.00 bits per heavy atom. The zero-order valence-corrected chi connectivity index (χ0v) is 15.6. The van der Waals surface area contributed by atoms with Crippen LogP contribution in [0.3, 0.4) is 0 Å². The van der Waals surface area contributed by atoms with Gasteiger partial charge in [-0.15, -0.1) is 0 Å². The fraction of sp³-hybridized carbons (Fsp3) is 0.316. The summed E-state index contributed by atoms with van der Waals surface area (Å²) in [5, 5.41) is 11.5. The molecule has 5 rings (SSSR count). The number of aromatic amines is 1. The van der Waals surface area contributed by atoms with Crippen molar-refractivity contribution < 1.29 is 4.79 Å². The highest BCUT2D eigenvalue weighted by atomic mass is 16.1. The van der Waals surface area contributed by atoms with Crippen molar-refractivity contribution in [2.75, 3.05) is 5.32 Å². The van der Waals surface area contributed by atoms with Crippen molar-refractivity contribution >= 4 is 28.5 Å². The third-order valence-corrected chi connectivity index (χ3v) is 5.22. The summed E-state index contributed by atoms with van der Waals surface area (Å²) >= 11 is 0. The SMILES string of the molecule is CC(=O)N[C@]1(C)C[C@@H](Nc2ncc3c(-c4ccc5ncnn5c4)c[nH]c3n2)C1. The van der Waals surface area contributed by atoms with Gasteiger partial charge >= 0.3 is 0 Å². The van der Waals surface area contributed by atoms with Crippen LogP contribution in [0.5, 0.6) is 0 Å². The predicted octanol–water partition coefficient (Wildman–Crippen LogP) is 2.14. The number of nitrogens with one attached hydrogen (secondary N) is 3. The van der Waals surface area contributed by atoms with Crippen LogP contribution in [0.1, 0.15) is 26.7 Å². The highest BCUT2D eigenvalue weighted by molar-refractivity contribution is 5.93. The zero-order chi connectivity index (χ0) is 19.3. The van der Waals surface area contributed by atoms with E-state index in [0.717, 1.165) is 40.6 Å². The Balaban J connectivity index is 1.36. The number of hydrogen-bond acceptors (Lipinski definition) is 6. The second-order valence-electron chi connectivity index (χ2n) is 7.63. The number of nitrogens with zero attached hydrogens (tertiary/aromatic N) is 5. The van der Waals surface area contributed by atoms with Crippen LogP contribution in [0, 0.1) is 0 Å². The minimum atomic E-state index is -0.146. The Hall–Kier alpha value is -3.49. The fourth-order valence-corrected chi connectivity index (χ4v) is 4.03. The molecule has 4 heterocycles. The van der Waals surface area contributed by atoms with Gasteiger partial charge in [0.25, 0.3) is 0 Å². The molecule has 0 unspecified atom stereocenters. The molecule has 4 aromatic rings. The van der Waals surface area contributed by atoms with Crippen molar-refractivity contribution in [2.24, 2.45) is 0 Å². The molecule has 3 N–H and O–H groups in total. The molecule has 0 aliphatic heterocycles. The molecule has 28 heavy (non-hydrogen) atoms. The van der Waals surface area contributed by atoms with Crippen LogP contribution in [-0.2, 0) is 4.79 Å². The van der Waals surface area contributed by atoms with E-state index in [4.69, 9.17) is 0 Å². The van der Waals surface area contributed by atoms with Crippen molar-refractivity contribution in [1.29, 1.82) is 0 Å². The van der Waals surface area contributed by atoms with E-state index < -0.39 is 0 Å². The van der Waals surface area contributed by atoms with E-state index in [1.54, 1.807) is 11.4 Å². The van der Waals surface area contributed by atoms with Crippen LogP contribution in [0.4, 0.5) is 5.95 Å². The number of amides is 1. The van der Waals surface area contributed by atoms with E-state index in [1.165, 1.54) is 6.33 Å². The standard InChI is InChI=1S/C19H20N8O/c1-11(28)26-19(2)5-13(6-19)24-18-21-8-15-14(7-20-17(15)25-18)12-3-4-16-22-10-23-27(16)9-12/h3-4,7-10,13H,5-6H2,1-2H3,(H,26,28)(H2,20,21,24,25)/t13-,19-. The summed E-state index contributed by atoms with van der Waals surface area (Å²) in [7, 11) is 0. The van der Waals surface area contributed by atoms with Crippen molar-refractivity contribution in [3.8, 4) is 11.1 Å². The predicted molar refractivity (Wildman–Crippen MR) is 105 cm³/mol. The number of rotatable bonds is 4. The Bertz CT molecular complexity index is 1190. The maximum atomic E-state index is 11.3. The third-order valence-electron chi connectivity index (χ3n) is 5.22.